The van der Waals surface area contributed by atoms with Crippen LogP contribution in [0.4, 0.5) is 11.4 Å². The fourth-order valence-corrected chi connectivity index (χ4v) is 5.59. The molecule has 1 fully saturated rings. The summed E-state index contributed by atoms with van der Waals surface area (Å²) in [5, 5.41) is 4.79. The lowest BCUT2D eigenvalue weighted by atomic mass is 10.1. The number of hydrogen-bond acceptors (Lipinski definition) is 5. The van der Waals surface area contributed by atoms with Crippen molar-refractivity contribution in [2.24, 2.45) is 0 Å². The van der Waals surface area contributed by atoms with Crippen LogP contribution < -0.4 is 10.2 Å². The van der Waals surface area contributed by atoms with Gasteiger partial charge >= 0.3 is 0 Å². The molecule has 0 aliphatic carbocycles. The molecule has 6 nitrogen and oxygen atoms in total. The third-order valence-electron chi connectivity index (χ3n) is 5.00. The van der Waals surface area contributed by atoms with E-state index in [9.17, 15) is 13.2 Å². The van der Waals surface area contributed by atoms with Crippen LogP contribution >= 0.6 is 11.3 Å². The van der Waals surface area contributed by atoms with Crippen LogP contribution in [0.2, 0.25) is 0 Å². The summed E-state index contributed by atoms with van der Waals surface area (Å²) < 4.78 is 27.3. The van der Waals surface area contributed by atoms with E-state index in [1.54, 1.807) is 18.2 Å². The summed E-state index contributed by atoms with van der Waals surface area (Å²) in [5.74, 6) is -0.217. The number of anilines is 2. The van der Waals surface area contributed by atoms with Crippen molar-refractivity contribution >= 4 is 38.6 Å². The van der Waals surface area contributed by atoms with E-state index in [-0.39, 0.29) is 10.8 Å². The quantitative estimate of drug-likeness (QED) is 0.733. The lowest BCUT2D eigenvalue weighted by Crippen LogP contribution is -2.32. The van der Waals surface area contributed by atoms with Crippen molar-refractivity contribution < 1.29 is 13.2 Å². The zero-order valence-electron chi connectivity index (χ0n) is 16.3. The first-order valence-electron chi connectivity index (χ1n) is 9.71. The number of thiophene rings is 1. The third kappa shape index (κ3) is 4.39. The average molecular weight is 422 g/mol. The van der Waals surface area contributed by atoms with Crippen molar-refractivity contribution in [1.29, 1.82) is 0 Å². The van der Waals surface area contributed by atoms with Crippen molar-refractivity contribution in [1.82, 2.24) is 4.31 Å². The van der Waals surface area contributed by atoms with Crippen LogP contribution in [0.25, 0.3) is 0 Å². The van der Waals surface area contributed by atoms with E-state index in [4.69, 9.17) is 0 Å². The molecule has 8 heteroatoms. The minimum Gasteiger partial charge on any atom is -0.370 e. The molecule has 0 radical (unpaired) electrons. The number of rotatable bonds is 7. The topological polar surface area (TPSA) is 69.7 Å². The molecule has 0 atom stereocenters. The maximum Gasteiger partial charge on any atom is 0.265 e. The Bertz CT molecular complexity index is 901. The van der Waals surface area contributed by atoms with E-state index in [0.29, 0.717) is 23.7 Å². The molecule has 1 aromatic heterocycles. The number of hydrogen-bond donors (Lipinski definition) is 1. The number of carbonyl (C=O) groups is 1. The molecule has 28 heavy (non-hydrogen) atoms. The van der Waals surface area contributed by atoms with Crippen molar-refractivity contribution in [3.63, 3.8) is 0 Å². The largest absolute Gasteiger partial charge is 0.370 e. The Morgan fingerprint density at radius 2 is 1.86 bits per heavy atom. The average Bonchev–Trinajstić information content (AvgIpc) is 3.24. The van der Waals surface area contributed by atoms with Gasteiger partial charge < -0.3 is 10.2 Å². The number of piperidine rings is 1. The molecule has 3 rings (SSSR count). The first kappa shape index (κ1) is 20.8. The van der Waals surface area contributed by atoms with Gasteiger partial charge in [-0.2, -0.15) is 4.31 Å². The lowest BCUT2D eigenvalue weighted by Gasteiger charge is -2.31. The van der Waals surface area contributed by atoms with Crippen LogP contribution in [-0.2, 0) is 10.0 Å². The molecule has 0 spiro atoms. The predicted octanol–water partition coefficient (Wildman–Crippen LogP) is 4.02. The van der Waals surface area contributed by atoms with Gasteiger partial charge in [0, 0.05) is 26.2 Å². The van der Waals surface area contributed by atoms with E-state index in [0.717, 1.165) is 31.6 Å². The molecular weight excluding hydrogens is 394 g/mol. The standard InChI is InChI=1S/C20H27N3O3S2/c1-3-23(4-2)28(25,26)16-10-11-18(22-12-6-5-7-13-22)17(15-16)21-20(24)19-9-8-14-27-19/h8-11,14-15H,3-7,12-13H2,1-2H3,(H,21,24). The summed E-state index contributed by atoms with van der Waals surface area (Å²) in [5.41, 5.74) is 1.43. The maximum atomic E-state index is 13.0. The van der Waals surface area contributed by atoms with Gasteiger partial charge in [-0.1, -0.05) is 19.9 Å². The van der Waals surface area contributed by atoms with Gasteiger partial charge in [-0.3, -0.25) is 4.79 Å². The minimum atomic E-state index is -3.59. The van der Waals surface area contributed by atoms with E-state index in [1.165, 1.54) is 22.1 Å². The second kappa shape index (κ2) is 9.07. The summed E-state index contributed by atoms with van der Waals surface area (Å²) in [6.45, 7) is 6.27. The van der Waals surface area contributed by atoms with E-state index >= 15 is 0 Å². The summed E-state index contributed by atoms with van der Waals surface area (Å²) in [6, 6.07) is 8.66. The van der Waals surface area contributed by atoms with E-state index in [1.807, 2.05) is 31.4 Å². The zero-order valence-corrected chi connectivity index (χ0v) is 18.0. The monoisotopic (exact) mass is 421 g/mol. The number of amides is 1. The number of sulfonamides is 1. The summed E-state index contributed by atoms with van der Waals surface area (Å²) in [4.78, 5) is 15.7. The number of benzene rings is 1. The summed E-state index contributed by atoms with van der Waals surface area (Å²) in [6.07, 6.45) is 3.39. The van der Waals surface area contributed by atoms with E-state index in [2.05, 4.69) is 10.2 Å². The van der Waals surface area contributed by atoms with Gasteiger partial charge in [-0.15, -0.1) is 11.3 Å². The Labute approximate surface area is 171 Å². The third-order valence-corrected chi connectivity index (χ3v) is 7.92. The molecule has 1 amide bonds. The molecule has 1 aliphatic heterocycles. The van der Waals surface area contributed by atoms with Gasteiger partial charge in [0.15, 0.2) is 0 Å². The van der Waals surface area contributed by atoms with Gasteiger partial charge in [-0.25, -0.2) is 8.42 Å². The molecule has 0 unspecified atom stereocenters. The number of nitrogens with zero attached hydrogens (tertiary/aromatic N) is 2. The second-order valence-electron chi connectivity index (χ2n) is 6.75. The fraction of sp³-hybridized carbons (Fsp3) is 0.450. The fourth-order valence-electron chi connectivity index (χ4n) is 3.49. The van der Waals surface area contributed by atoms with E-state index < -0.39 is 10.0 Å². The second-order valence-corrected chi connectivity index (χ2v) is 9.63. The molecule has 2 heterocycles. The minimum absolute atomic E-state index is 0.207. The van der Waals surface area contributed by atoms with Gasteiger partial charge in [0.05, 0.1) is 21.1 Å². The van der Waals surface area contributed by atoms with Crippen LogP contribution in [-0.4, -0.2) is 44.8 Å². The number of nitrogens with one attached hydrogen (secondary N) is 1. The molecular formula is C20H27N3O3S2. The molecule has 1 N–H and O–H groups in total. The molecule has 1 aromatic carbocycles. The number of carbonyl (C=O) groups excluding carboxylic acids is 1. The highest BCUT2D eigenvalue weighted by molar-refractivity contribution is 7.89. The van der Waals surface area contributed by atoms with Crippen LogP contribution in [0.1, 0.15) is 42.8 Å². The highest BCUT2D eigenvalue weighted by Crippen LogP contribution is 2.32. The smallest absolute Gasteiger partial charge is 0.265 e. The van der Waals surface area contributed by atoms with Gasteiger partial charge in [-0.05, 0) is 48.9 Å². The lowest BCUT2D eigenvalue weighted by molar-refractivity contribution is 0.103. The Morgan fingerprint density at radius 3 is 2.46 bits per heavy atom. The molecule has 0 bridgehead atoms. The Balaban J connectivity index is 2.00. The SMILES string of the molecule is CCN(CC)S(=O)(=O)c1ccc(N2CCCCC2)c(NC(=O)c2cccs2)c1. The highest BCUT2D eigenvalue weighted by atomic mass is 32.2. The summed E-state index contributed by atoms with van der Waals surface area (Å²) >= 11 is 1.36. The van der Waals surface area contributed by atoms with Crippen molar-refractivity contribution in [3.8, 4) is 0 Å². The first-order chi connectivity index (χ1) is 13.5. The molecule has 0 saturated carbocycles. The zero-order chi connectivity index (χ0) is 20.1. The normalized spacial score (nSPS) is 15.0. The van der Waals surface area contributed by atoms with Crippen LogP contribution in [0.5, 0.6) is 0 Å². The van der Waals surface area contributed by atoms with Gasteiger partial charge in [0.1, 0.15) is 0 Å². The molecule has 152 valence electrons. The van der Waals surface area contributed by atoms with Crippen molar-refractivity contribution in [3.05, 3.63) is 40.6 Å². The van der Waals surface area contributed by atoms with Crippen molar-refractivity contribution in [2.75, 3.05) is 36.4 Å². The van der Waals surface area contributed by atoms with Gasteiger partial charge in [0.2, 0.25) is 10.0 Å². The first-order valence-corrected chi connectivity index (χ1v) is 12.0. The Kier molecular flexibility index (Phi) is 6.74. The van der Waals surface area contributed by atoms with Crippen LogP contribution in [0.3, 0.4) is 0 Å². The molecule has 2 aromatic rings. The highest BCUT2D eigenvalue weighted by Gasteiger charge is 2.25. The maximum absolute atomic E-state index is 13.0. The Morgan fingerprint density at radius 1 is 1.14 bits per heavy atom. The predicted molar refractivity (Wildman–Crippen MR) is 115 cm³/mol. The van der Waals surface area contributed by atoms with Crippen molar-refractivity contribution in [2.45, 2.75) is 38.0 Å². The van der Waals surface area contributed by atoms with Crippen LogP contribution in [0, 0.1) is 0 Å². The molecule has 1 saturated heterocycles. The Hall–Kier alpha value is -1.90. The van der Waals surface area contributed by atoms with Gasteiger partial charge in [0.25, 0.3) is 5.91 Å². The van der Waals surface area contributed by atoms with Crippen LogP contribution in [0.15, 0.2) is 40.6 Å². The summed E-state index contributed by atoms with van der Waals surface area (Å²) in [7, 11) is -3.59. The molecule has 1 aliphatic rings.